The molecule has 0 aliphatic carbocycles. The molecule has 3 saturated heterocycles. The van der Waals surface area contributed by atoms with Gasteiger partial charge in [0.2, 0.25) is 5.56 Å². The molecule has 5 rings (SSSR count). The lowest BCUT2D eigenvalue weighted by Gasteiger charge is -2.57. The van der Waals surface area contributed by atoms with E-state index in [9.17, 15) is 14.0 Å². The van der Waals surface area contributed by atoms with Crippen molar-refractivity contribution in [1.29, 1.82) is 0 Å². The van der Waals surface area contributed by atoms with Crippen LogP contribution in [0.25, 0.3) is 0 Å². The quantitative estimate of drug-likeness (QED) is 0.762. The molecule has 0 N–H and O–H groups in total. The highest BCUT2D eigenvalue weighted by Crippen LogP contribution is 2.42. The third kappa shape index (κ3) is 3.93. The maximum Gasteiger partial charge on any atom is 0.255 e. The molecule has 2 aromatic rings. The minimum Gasteiger partial charge on any atom is -0.338 e. The van der Waals surface area contributed by atoms with Gasteiger partial charge in [0.05, 0.1) is 5.56 Å². The zero-order chi connectivity index (χ0) is 21.5. The van der Waals surface area contributed by atoms with E-state index in [2.05, 4.69) is 4.90 Å². The van der Waals surface area contributed by atoms with Gasteiger partial charge in [-0.2, -0.15) is 0 Å². The van der Waals surface area contributed by atoms with E-state index in [1.54, 1.807) is 31.4 Å². The molecule has 0 unspecified atom stereocenters. The van der Waals surface area contributed by atoms with Crippen molar-refractivity contribution < 1.29 is 9.18 Å². The largest absolute Gasteiger partial charge is 0.338 e. The molecule has 3 aliphatic rings. The van der Waals surface area contributed by atoms with Crippen molar-refractivity contribution in [3.8, 4) is 0 Å². The number of nitrogens with zero attached hydrogens (tertiary/aromatic N) is 3. The van der Waals surface area contributed by atoms with Crippen LogP contribution in [0.4, 0.5) is 4.39 Å². The van der Waals surface area contributed by atoms with E-state index in [1.807, 2.05) is 11.0 Å². The summed E-state index contributed by atoms with van der Waals surface area (Å²) in [7, 11) is 1.68. The zero-order valence-electron chi connectivity index (χ0n) is 18.0. The molecule has 4 heterocycles. The molecular formula is C25H30FN3O2. The number of halogens is 1. The van der Waals surface area contributed by atoms with Crippen LogP contribution < -0.4 is 5.56 Å². The fourth-order valence-electron chi connectivity index (χ4n) is 6.16. The van der Waals surface area contributed by atoms with E-state index >= 15 is 0 Å². The van der Waals surface area contributed by atoms with Crippen LogP contribution in [0.5, 0.6) is 0 Å². The number of likely N-dealkylation sites (tertiary alicyclic amines) is 1. The molecule has 1 aromatic heterocycles. The van der Waals surface area contributed by atoms with Crippen molar-refractivity contribution >= 4 is 5.91 Å². The number of aromatic nitrogens is 1. The predicted molar refractivity (Wildman–Crippen MR) is 117 cm³/mol. The van der Waals surface area contributed by atoms with Crippen molar-refractivity contribution in [2.75, 3.05) is 19.6 Å². The summed E-state index contributed by atoms with van der Waals surface area (Å²) in [5.74, 6) is 0.697. The molecule has 6 heteroatoms. The average molecular weight is 424 g/mol. The summed E-state index contributed by atoms with van der Waals surface area (Å²) in [6, 6.07) is 10.9. The second kappa shape index (κ2) is 8.23. The Morgan fingerprint density at radius 2 is 1.97 bits per heavy atom. The molecule has 5 nitrogen and oxygen atoms in total. The van der Waals surface area contributed by atoms with Gasteiger partial charge in [-0.05, 0) is 67.8 Å². The maximum absolute atomic E-state index is 13.8. The molecule has 4 atom stereocenters. The van der Waals surface area contributed by atoms with E-state index in [0.29, 0.717) is 29.5 Å². The van der Waals surface area contributed by atoms with Crippen LogP contribution >= 0.6 is 0 Å². The van der Waals surface area contributed by atoms with Gasteiger partial charge in [-0.1, -0.05) is 18.6 Å². The number of carbonyl (C=O) groups is 1. The van der Waals surface area contributed by atoms with Crippen LogP contribution in [0.3, 0.4) is 0 Å². The number of aryl methyl sites for hydroxylation is 1. The predicted octanol–water partition coefficient (Wildman–Crippen LogP) is 3.08. The maximum atomic E-state index is 13.8. The summed E-state index contributed by atoms with van der Waals surface area (Å²) in [5, 5.41) is 0. The monoisotopic (exact) mass is 423 g/mol. The van der Waals surface area contributed by atoms with E-state index in [1.165, 1.54) is 36.0 Å². The number of rotatable bonds is 3. The first-order valence-electron chi connectivity index (χ1n) is 11.5. The molecule has 31 heavy (non-hydrogen) atoms. The Bertz CT molecular complexity index is 1040. The highest BCUT2D eigenvalue weighted by Gasteiger charge is 2.47. The molecule has 0 radical (unpaired) electrons. The normalized spacial score (nSPS) is 28.3. The smallest absolute Gasteiger partial charge is 0.255 e. The fraction of sp³-hybridized carbons (Fsp3) is 0.520. The van der Waals surface area contributed by atoms with Crippen LogP contribution in [-0.2, 0) is 13.5 Å². The van der Waals surface area contributed by atoms with Gasteiger partial charge in [0.25, 0.3) is 5.91 Å². The molecule has 3 aliphatic heterocycles. The minimum absolute atomic E-state index is 0.0130. The number of hydrogen-bond donors (Lipinski definition) is 0. The third-order valence-electron chi connectivity index (χ3n) is 7.58. The van der Waals surface area contributed by atoms with Crippen molar-refractivity contribution in [1.82, 2.24) is 14.4 Å². The molecule has 0 saturated carbocycles. The zero-order valence-corrected chi connectivity index (χ0v) is 18.0. The molecule has 3 fully saturated rings. The summed E-state index contributed by atoms with van der Waals surface area (Å²) < 4.78 is 15.3. The van der Waals surface area contributed by atoms with Gasteiger partial charge in [0.15, 0.2) is 0 Å². The number of pyridine rings is 1. The molecular weight excluding hydrogens is 393 g/mol. The third-order valence-corrected chi connectivity index (χ3v) is 7.58. The highest BCUT2D eigenvalue weighted by atomic mass is 19.1. The molecule has 1 amide bonds. The number of piperidine rings is 3. The number of hydrogen-bond acceptors (Lipinski definition) is 3. The minimum atomic E-state index is -0.184. The van der Waals surface area contributed by atoms with Gasteiger partial charge in [-0.25, -0.2) is 4.39 Å². The van der Waals surface area contributed by atoms with Crippen molar-refractivity contribution in [2.24, 2.45) is 18.9 Å². The van der Waals surface area contributed by atoms with Gasteiger partial charge >= 0.3 is 0 Å². The second-order valence-electron chi connectivity index (χ2n) is 9.54. The summed E-state index contributed by atoms with van der Waals surface area (Å²) in [6.45, 7) is 2.61. The summed E-state index contributed by atoms with van der Waals surface area (Å²) in [5.41, 5.74) is 1.50. The lowest BCUT2D eigenvalue weighted by molar-refractivity contribution is -0.0642. The van der Waals surface area contributed by atoms with Gasteiger partial charge in [0.1, 0.15) is 5.82 Å². The Hall–Kier alpha value is -2.47. The van der Waals surface area contributed by atoms with E-state index < -0.39 is 0 Å². The number of benzene rings is 1. The number of fused-ring (bicyclic) bond motifs is 4. The van der Waals surface area contributed by atoms with Gasteiger partial charge in [-0.15, -0.1) is 0 Å². The molecule has 2 bridgehead atoms. The summed E-state index contributed by atoms with van der Waals surface area (Å²) in [4.78, 5) is 29.7. The van der Waals surface area contributed by atoms with E-state index in [0.717, 1.165) is 38.0 Å². The van der Waals surface area contributed by atoms with Crippen LogP contribution in [0.2, 0.25) is 0 Å². The van der Waals surface area contributed by atoms with Crippen molar-refractivity contribution in [2.45, 2.75) is 44.2 Å². The first kappa shape index (κ1) is 20.4. The lowest BCUT2D eigenvalue weighted by atomic mass is 9.71. The molecule has 164 valence electrons. The topological polar surface area (TPSA) is 45.6 Å². The number of amides is 1. The van der Waals surface area contributed by atoms with Crippen LogP contribution in [-0.4, -0.2) is 52.0 Å². The Morgan fingerprint density at radius 3 is 2.77 bits per heavy atom. The SMILES string of the molecule is Cn1cc(C(=O)N2C[C@H]3C[C@@H](C2)[C@H](Cc2cccc(F)c2)N2CCCC[C@@H]32)ccc1=O. The van der Waals surface area contributed by atoms with Gasteiger partial charge in [-0.3, -0.25) is 14.5 Å². The van der Waals surface area contributed by atoms with E-state index in [4.69, 9.17) is 0 Å². The average Bonchev–Trinajstić information content (AvgIpc) is 2.78. The highest BCUT2D eigenvalue weighted by molar-refractivity contribution is 5.94. The van der Waals surface area contributed by atoms with Crippen LogP contribution in [0.15, 0.2) is 47.4 Å². The Labute approximate surface area is 182 Å². The van der Waals surface area contributed by atoms with Crippen LogP contribution in [0, 0.1) is 17.7 Å². The Balaban J connectivity index is 1.42. The Morgan fingerprint density at radius 1 is 1.13 bits per heavy atom. The van der Waals surface area contributed by atoms with Crippen molar-refractivity contribution in [3.63, 3.8) is 0 Å². The first-order chi connectivity index (χ1) is 15.0. The van der Waals surface area contributed by atoms with Gasteiger partial charge < -0.3 is 9.47 Å². The lowest BCUT2D eigenvalue weighted by Crippen LogP contribution is -2.64. The number of carbonyl (C=O) groups excluding carboxylic acids is 1. The van der Waals surface area contributed by atoms with Gasteiger partial charge in [0, 0.05) is 44.5 Å². The summed E-state index contributed by atoms with van der Waals surface area (Å²) in [6.07, 6.45) is 7.25. The Kier molecular flexibility index (Phi) is 5.42. The molecule has 1 aromatic carbocycles. The summed E-state index contributed by atoms with van der Waals surface area (Å²) >= 11 is 0. The molecule has 0 spiro atoms. The fourth-order valence-corrected chi connectivity index (χ4v) is 6.16. The standard InChI is InChI=1S/C25H30FN3O2/c1-27-14-18(8-9-24(27)30)25(31)28-15-19-13-20(16-28)23(29-10-3-2-7-22(19)29)12-17-5-4-6-21(26)11-17/h4-6,8-9,11,14,19-20,22-23H,2-3,7,10,12-13,15-16H2,1H3/t19-,20+,22+,23+/m1/s1. The first-order valence-corrected chi connectivity index (χ1v) is 11.5. The second-order valence-corrected chi connectivity index (χ2v) is 9.54. The van der Waals surface area contributed by atoms with Crippen molar-refractivity contribution in [3.05, 3.63) is 69.9 Å². The van der Waals surface area contributed by atoms with Crippen LogP contribution in [0.1, 0.15) is 41.6 Å². The van der Waals surface area contributed by atoms with E-state index in [-0.39, 0.29) is 17.3 Å².